The van der Waals surface area contributed by atoms with Crippen molar-refractivity contribution in [2.24, 2.45) is 0 Å². The van der Waals surface area contributed by atoms with Crippen molar-refractivity contribution in [1.29, 1.82) is 0 Å². The molecule has 0 saturated heterocycles. The van der Waals surface area contributed by atoms with Gasteiger partial charge in [0.2, 0.25) is 11.8 Å². The van der Waals surface area contributed by atoms with Gasteiger partial charge in [-0.25, -0.2) is 4.98 Å². The van der Waals surface area contributed by atoms with Gasteiger partial charge in [-0.05, 0) is 12.1 Å². The lowest BCUT2D eigenvalue weighted by Gasteiger charge is -2.18. The highest BCUT2D eigenvalue weighted by atomic mass is 16.5. The van der Waals surface area contributed by atoms with Crippen molar-refractivity contribution in [2.45, 2.75) is 26.6 Å². The van der Waals surface area contributed by atoms with Gasteiger partial charge in [0, 0.05) is 25.9 Å². The number of nitrogens with zero attached hydrogens (tertiary/aromatic N) is 4. The zero-order valence-electron chi connectivity index (χ0n) is 12.6. The molecule has 2 rings (SSSR count). The Balaban J connectivity index is 1.95. The average Bonchev–Trinajstić information content (AvgIpc) is 2.95. The Morgan fingerprint density at radius 2 is 2.10 bits per heavy atom. The minimum atomic E-state index is 0.359. The Labute approximate surface area is 123 Å². The largest absolute Gasteiger partial charge is 0.481 e. The maximum atomic E-state index is 5.21. The molecule has 2 aromatic rings. The fourth-order valence-corrected chi connectivity index (χ4v) is 1.90. The quantitative estimate of drug-likeness (QED) is 0.732. The fraction of sp³-hybridized carbons (Fsp3) is 0.500. The molecule has 7 nitrogen and oxygen atoms in total. The van der Waals surface area contributed by atoms with Gasteiger partial charge < -0.3 is 14.0 Å². The van der Waals surface area contributed by atoms with Crippen LogP contribution in [-0.4, -0.2) is 40.8 Å². The first-order valence-electron chi connectivity index (χ1n) is 6.76. The van der Waals surface area contributed by atoms with Gasteiger partial charge in [0.15, 0.2) is 5.82 Å². The van der Waals surface area contributed by atoms with Crippen LogP contribution in [0.5, 0.6) is 5.88 Å². The van der Waals surface area contributed by atoms with Crippen LogP contribution in [0.25, 0.3) is 0 Å². The molecule has 114 valence electrons. The van der Waals surface area contributed by atoms with E-state index in [0.29, 0.717) is 30.7 Å². The minimum absolute atomic E-state index is 0.359. The molecule has 0 aliphatic heterocycles. The zero-order chi connectivity index (χ0) is 15.1. The molecule has 0 N–H and O–H groups in total. The van der Waals surface area contributed by atoms with Gasteiger partial charge in [-0.1, -0.05) is 18.1 Å². The van der Waals surface area contributed by atoms with E-state index in [2.05, 4.69) is 26.9 Å². The number of hydrogen-bond acceptors (Lipinski definition) is 7. The molecule has 21 heavy (non-hydrogen) atoms. The predicted octanol–water partition coefficient (Wildman–Crippen LogP) is 1.64. The lowest BCUT2D eigenvalue weighted by atomic mass is 10.2. The summed E-state index contributed by atoms with van der Waals surface area (Å²) in [6, 6.07) is 3.85. The third-order valence-corrected chi connectivity index (χ3v) is 3.00. The van der Waals surface area contributed by atoms with E-state index in [4.69, 9.17) is 14.0 Å². The molecule has 0 saturated carbocycles. The molecule has 2 heterocycles. The number of hydrogen-bond donors (Lipinski definition) is 0. The lowest BCUT2D eigenvalue weighted by molar-refractivity contribution is 0.174. The number of pyridine rings is 1. The molecule has 0 aliphatic carbocycles. The summed E-state index contributed by atoms with van der Waals surface area (Å²) >= 11 is 0. The maximum Gasteiger partial charge on any atom is 0.240 e. The van der Waals surface area contributed by atoms with Crippen molar-refractivity contribution < 1.29 is 14.0 Å². The summed E-state index contributed by atoms with van der Waals surface area (Å²) in [5, 5.41) is 3.86. The molecule has 0 unspecified atom stereocenters. The molecular weight excluding hydrogens is 272 g/mol. The number of methoxy groups -OCH3 is 2. The summed E-state index contributed by atoms with van der Waals surface area (Å²) in [5.74, 6) is 1.77. The summed E-state index contributed by atoms with van der Waals surface area (Å²) in [6.45, 7) is 4.67. The molecule has 0 fully saturated rings. The van der Waals surface area contributed by atoms with Crippen LogP contribution in [0.2, 0.25) is 0 Å². The van der Waals surface area contributed by atoms with E-state index in [9.17, 15) is 0 Å². The lowest BCUT2D eigenvalue weighted by Crippen LogP contribution is -2.22. The van der Waals surface area contributed by atoms with E-state index >= 15 is 0 Å². The van der Waals surface area contributed by atoms with Crippen LogP contribution in [0.4, 0.5) is 0 Å². The molecule has 0 aromatic carbocycles. The molecule has 2 aromatic heterocycles. The summed E-state index contributed by atoms with van der Waals surface area (Å²) in [7, 11) is 3.21. The highest BCUT2D eigenvalue weighted by Crippen LogP contribution is 2.11. The van der Waals surface area contributed by atoms with Crippen LogP contribution < -0.4 is 4.74 Å². The van der Waals surface area contributed by atoms with Gasteiger partial charge in [0.25, 0.3) is 0 Å². The highest BCUT2D eigenvalue weighted by molar-refractivity contribution is 5.17. The molecule has 0 aliphatic rings. The van der Waals surface area contributed by atoms with Crippen LogP contribution in [0, 0.1) is 0 Å². The first kappa shape index (κ1) is 15.4. The van der Waals surface area contributed by atoms with Gasteiger partial charge >= 0.3 is 0 Å². The molecule has 0 bridgehead atoms. The summed E-state index contributed by atoms with van der Waals surface area (Å²) < 4.78 is 15.2. The highest BCUT2D eigenvalue weighted by Gasteiger charge is 2.11. The Morgan fingerprint density at radius 3 is 2.71 bits per heavy atom. The number of rotatable bonds is 8. The number of aromatic nitrogens is 3. The fourth-order valence-electron chi connectivity index (χ4n) is 1.90. The van der Waals surface area contributed by atoms with E-state index in [1.165, 1.54) is 0 Å². The molecule has 0 radical (unpaired) electrons. The second-order valence-corrected chi connectivity index (χ2v) is 4.55. The number of ether oxygens (including phenoxy) is 2. The average molecular weight is 292 g/mol. The van der Waals surface area contributed by atoms with Crippen molar-refractivity contribution >= 4 is 0 Å². The van der Waals surface area contributed by atoms with Crippen LogP contribution >= 0.6 is 0 Å². The maximum absolute atomic E-state index is 5.21. The molecule has 0 spiro atoms. The SMILES string of the molecule is CCN(Cc1ccc(OC)nc1)Cc1nc(COC)no1. The first-order valence-corrected chi connectivity index (χ1v) is 6.76. The van der Waals surface area contributed by atoms with Crippen molar-refractivity contribution in [3.05, 3.63) is 35.6 Å². The summed E-state index contributed by atoms with van der Waals surface area (Å²) in [6.07, 6.45) is 1.81. The van der Waals surface area contributed by atoms with Crippen molar-refractivity contribution in [3.63, 3.8) is 0 Å². The summed E-state index contributed by atoms with van der Waals surface area (Å²) in [4.78, 5) is 10.7. The van der Waals surface area contributed by atoms with Gasteiger partial charge in [-0.2, -0.15) is 4.98 Å². The Morgan fingerprint density at radius 1 is 1.24 bits per heavy atom. The van der Waals surface area contributed by atoms with Gasteiger partial charge in [0.1, 0.15) is 6.61 Å². The Bertz CT molecular complexity index is 541. The molecule has 0 amide bonds. The van der Waals surface area contributed by atoms with E-state index in [1.54, 1.807) is 14.2 Å². The van der Waals surface area contributed by atoms with Crippen molar-refractivity contribution in [2.75, 3.05) is 20.8 Å². The van der Waals surface area contributed by atoms with E-state index in [-0.39, 0.29) is 0 Å². The van der Waals surface area contributed by atoms with Crippen LogP contribution in [0.15, 0.2) is 22.9 Å². The molecule has 7 heteroatoms. The second-order valence-electron chi connectivity index (χ2n) is 4.55. The van der Waals surface area contributed by atoms with E-state index < -0.39 is 0 Å². The third-order valence-electron chi connectivity index (χ3n) is 3.00. The van der Waals surface area contributed by atoms with Crippen molar-refractivity contribution in [1.82, 2.24) is 20.0 Å². The smallest absolute Gasteiger partial charge is 0.240 e. The van der Waals surface area contributed by atoms with Gasteiger partial charge in [0.05, 0.1) is 13.7 Å². The van der Waals surface area contributed by atoms with E-state index in [0.717, 1.165) is 18.7 Å². The zero-order valence-corrected chi connectivity index (χ0v) is 12.6. The van der Waals surface area contributed by atoms with Gasteiger partial charge in [-0.3, -0.25) is 4.90 Å². The minimum Gasteiger partial charge on any atom is -0.481 e. The Kier molecular flexibility index (Phi) is 5.65. The second kappa shape index (κ2) is 7.70. The standard InChI is InChI=1S/C14H20N4O3/c1-4-18(8-11-5-6-13(20-3)15-7-11)9-14-16-12(10-19-2)17-21-14/h5-7H,4,8-10H2,1-3H3. The molecular formula is C14H20N4O3. The van der Waals surface area contributed by atoms with Crippen molar-refractivity contribution in [3.8, 4) is 5.88 Å². The third kappa shape index (κ3) is 4.51. The normalized spacial score (nSPS) is 11.0. The molecule has 0 atom stereocenters. The van der Waals surface area contributed by atoms with Gasteiger partial charge in [-0.15, -0.1) is 0 Å². The predicted molar refractivity (Wildman–Crippen MR) is 75.6 cm³/mol. The summed E-state index contributed by atoms with van der Waals surface area (Å²) in [5.41, 5.74) is 1.11. The Hall–Kier alpha value is -1.99. The van der Waals surface area contributed by atoms with Crippen LogP contribution in [0.1, 0.15) is 24.2 Å². The van der Waals surface area contributed by atoms with E-state index in [1.807, 2.05) is 18.3 Å². The first-order chi connectivity index (χ1) is 10.2. The van der Waals surface area contributed by atoms with Crippen LogP contribution in [-0.2, 0) is 24.4 Å². The van der Waals surface area contributed by atoms with Crippen LogP contribution in [0.3, 0.4) is 0 Å². The monoisotopic (exact) mass is 292 g/mol. The topological polar surface area (TPSA) is 73.5 Å².